The minimum Gasteiger partial charge on any atom is -0.480 e. The van der Waals surface area contributed by atoms with Crippen LogP contribution < -0.4 is 59.2 Å². The number of nitrogens with two attached hydrogens (primary N) is 1. The summed E-state index contributed by atoms with van der Waals surface area (Å²) in [5.74, 6) is -9.27. The highest BCUT2D eigenvalue weighted by Crippen LogP contribution is 2.49. The molecular weight excluding hydrogens is 1410 g/mol. The molecule has 33 nitrogen and oxygen atoms in total. The fraction of sp³-hybridized carbons (Fsp3) is 0.471. The van der Waals surface area contributed by atoms with E-state index in [0.717, 1.165) is 45.0 Å². The Balaban J connectivity index is 0.730. The zero-order chi connectivity index (χ0) is 75.4. The number of benzene rings is 1. The Morgan fingerprint density at radius 2 is 1.56 bits per heavy atom. The first-order valence-electron chi connectivity index (χ1n) is 33.7. The van der Waals surface area contributed by atoms with Gasteiger partial charge in [0.1, 0.15) is 24.6 Å². The highest BCUT2D eigenvalue weighted by Gasteiger charge is 2.49. The molecule has 4 aliphatic rings. The molecule has 4 aromatic heterocycles. The van der Waals surface area contributed by atoms with Crippen LogP contribution in [0.5, 0.6) is 0 Å². The Morgan fingerprint density at radius 3 is 2.26 bits per heavy atom. The number of carbonyl (C=O) groups is 10. The Morgan fingerprint density at radius 1 is 0.837 bits per heavy atom. The number of fused-ring (bicyclic) bond motifs is 6. The number of aromatic nitrogens is 6. The predicted molar refractivity (Wildman–Crippen MR) is 388 cm³/mol. The topological polar surface area (TPSA) is 502 Å². The van der Waals surface area contributed by atoms with Gasteiger partial charge in [0.15, 0.2) is 22.7 Å². The average molecular weight is 1490 g/mol. The molecule has 6 amide bonds. The van der Waals surface area contributed by atoms with Gasteiger partial charge in [0.2, 0.25) is 29.6 Å². The molecule has 0 radical (unpaired) electrons. The van der Waals surface area contributed by atoms with E-state index < -0.39 is 112 Å². The maximum atomic E-state index is 14.5. The van der Waals surface area contributed by atoms with Crippen molar-refractivity contribution >= 4 is 143 Å². The number of ether oxygens (including phenoxy) is 2. The maximum Gasteiger partial charge on any atom is 0.407 e. The number of ketones is 2. The van der Waals surface area contributed by atoms with Gasteiger partial charge in [-0.2, -0.15) is 13.4 Å². The first-order chi connectivity index (χ1) is 49.4. The number of esters is 1. The predicted octanol–water partition coefficient (Wildman–Crippen LogP) is 2.14. The van der Waals surface area contributed by atoms with Gasteiger partial charge in [-0.3, -0.25) is 62.7 Å². The van der Waals surface area contributed by atoms with Crippen LogP contribution in [0.3, 0.4) is 0 Å². The van der Waals surface area contributed by atoms with Crippen molar-refractivity contribution in [3.63, 3.8) is 0 Å². The molecule has 14 N–H and O–H groups in total. The van der Waals surface area contributed by atoms with Crippen LogP contribution in [0.2, 0.25) is 0 Å². The highest BCUT2D eigenvalue weighted by atomic mass is 33.1. The summed E-state index contributed by atoms with van der Waals surface area (Å²) in [6.45, 7) is 12.6. The molecule has 104 heavy (non-hydrogen) atoms. The van der Waals surface area contributed by atoms with Crippen molar-refractivity contribution in [2.75, 3.05) is 61.7 Å². The first-order valence-corrected chi connectivity index (χ1v) is 37.8. The van der Waals surface area contributed by atoms with Crippen molar-refractivity contribution in [1.82, 2.24) is 61.8 Å². The number of carbonyl (C=O) groups excluding carboxylic acids is 9. The molecule has 9 rings (SSSR count). The van der Waals surface area contributed by atoms with Gasteiger partial charge in [-0.1, -0.05) is 48.8 Å². The number of nitrogens with one attached hydrogen (secondary N) is 10. The lowest BCUT2D eigenvalue weighted by Crippen LogP contribution is -2.53. The standard InChI is InChI=1S/C68H84N16O17S3/c1-9-40-32(3)42-26-47-53(36(7)85)34(5)44(78-47)24-43-33(4)41(57(80-43)55-56(66(95)100-8)60(89)54-35(6)45(81-58(54)55)25-46(40)77-42)15-17-50(86)70-18-19-72-68(96)101-21-22-102-103-30-49(65(93)94)82-63(91)48(27-52(88)71-20-23-104(97,98)99)79-51(87)16-10-31(2)75-62(90)37-11-13-38(14-12-37)73-28-39-29-74-61-59(76-39)64(92)84-67(69)83-61/h11-14,24,26,29,31-33,40-41,46,48-49,56,73,78,81H,9-10,15-23,25,27-28,30H2,1-8H3,(H,70,86)(H,71,88)(H,72,96)(H,75,90)(H,79,87)(H,82,91)(H,93,94)(H,97,98,99)(H3,69,74,83,84,92)/b44-24?,47-26?,57-55-/t31-,32-,33+,40-,41+,46?,48+,49+,56?/m1/s1. The SMILES string of the molecule is CC[C@H]1C2Cc3[nH]c4c(c3C)C(=O)C(C(=O)OC)/C4=C3/N=C(C=c4[nH]c(c(C(C)=O)c4C)=CC(=N2)[C@@H]1C)[C@@H](C)[C@@H]3CCC(=O)NCCNC(=O)OCCSSC[C@H](NC(=O)[C@H](CC(=O)NCCS(=O)(=O)O)NC(=O)CC[C@@H](C)NC(=O)c1ccc(NCc2cnc3nc(N)[nH]c(=O)c3n2)cc1)C(=O)O. The maximum absolute atomic E-state index is 14.5. The van der Waals surface area contributed by atoms with E-state index in [2.05, 4.69) is 81.0 Å². The number of aromatic amines is 3. The lowest BCUT2D eigenvalue weighted by Gasteiger charge is -2.21. The van der Waals surface area contributed by atoms with Gasteiger partial charge in [-0.25, -0.2) is 19.6 Å². The summed E-state index contributed by atoms with van der Waals surface area (Å²) in [5, 5.41) is 29.6. The normalized spacial score (nSPS) is 19.6. The fourth-order valence-corrected chi connectivity index (χ4v) is 15.5. The summed E-state index contributed by atoms with van der Waals surface area (Å²) in [4.78, 5) is 178. The van der Waals surface area contributed by atoms with Crippen LogP contribution >= 0.6 is 21.6 Å². The summed E-state index contributed by atoms with van der Waals surface area (Å²) in [6, 6.07) is 2.41. The minimum atomic E-state index is -4.48. The van der Waals surface area contributed by atoms with Gasteiger partial charge in [-0.05, 0) is 94.0 Å². The molecule has 7 heterocycles. The molecule has 556 valence electrons. The molecule has 1 aromatic carbocycles. The molecule has 0 saturated heterocycles. The van der Waals surface area contributed by atoms with Crippen LogP contribution in [0.4, 0.5) is 16.4 Å². The third-order valence-electron chi connectivity index (χ3n) is 18.6. The second-order valence-electron chi connectivity index (χ2n) is 25.8. The quantitative estimate of drug-likeness (QED) is 0.00732. The Bertz CT molecular complexity index is 4630. The van der Waals surface area contributed by atoms with Crippen molar-refractivity contribution in [2.45, 2.75) is 124 Å². The number of Topliss-reactive ketones (excluding diaryl/α,β-unsaturated/α-hetero) is 2. The third-order valence-corrected chi connectivity index (χ3v) is 21.7. The van der Waals surface area contributed by atoms with E-state index in [1.807, 2.05) is 32.9 Å². The van der Waals surface area contributed by atoms with Gasteiger partial charge in [0.25, 0.3) is 21.6 Å². The number of carboxylic acids is 1. The number of H-pyrrole nitrogens is 3. The monoisotopic (exact) mass is 1490 g/mol. The van der Waals surface area contributed by atoms with Crippen LogP contribution in [0.15, 0.2) is 50.9 Å². The van der Waals surface area contributed by atoms with E-state index in [1.54, 1.807) is 31.2 Å². The number of aliphatic carboxylic acids is 1. The molecule has 3 aliphatic heterocycles. The van der Waals surface area contributed by atoms with E-state index in [9.17, 15) is 66.3 Å². The average Bonchev–Trinajstić information content (AvgIpc) is 1.56. The van der Waals surface area contributed by atoms with E-state index in [0.29, 0.717) is 67.9 Å². The number of rotatable bonds is 32. The van der Waals surface area contributed by atoms with E-state index >= 15 is 0 Å². The Labute approximate surface area is 604 Å². The zero-order valence-electron chi connectivity index (χ0n) is 58.4. The fourth-order valence-electron chi connectivity index (χ4n) is 13.1. The third kappa shape index (κ3) is 19.2. The Hall–Kier alpha value is -10.1. The zero-order valence-corrected chi connectivity index (χ0v) is 60.9. The molecule has 2 unspecified atom stereocenters. The first kappa shape index (κ1) is 78.1. The molecule has 5 aromatic rings. The van der Waals surface area contributed by atoms with E-state index in [-0.39, 0.29) is 122 Å². The van der Waals surface area contributed by atoms with E-state index in [4.69, 9.17) is 29.7 Å². The van der Waals surface area contributed by atoms with Crippen molar-refractivity contribution in [3.8, 4) is 0 Å². The molecule has 0 spiro atoms. The lowest BCUT2D eigenvalue weighted by molar-refractivity contribution is -0.142. The largest absolute Gasteiger partial charge is 0.480 e. The van der Waals surface area contributed by atoms with Crippen LogP contribution in [-0.2, 0) is 61.3 Å². The van der Waals surface area contributed by atoms with Crippen LogP contribution in [-0.4, -0.2) is 193 Å². The number of nitrogen functional groups attached to an aromatic ring is 1. The highest BCUT2D eigenvalue weighted by molar-refractivity contribution is 8.76. The van der Waals surface area contributed by atoms with Gasteiger partial charge >= 0.3 is 18.0 Å². The molecule has 36 heteroatoms. The number of methoxy groups -OCH3 is 1. The second-order valence-corrected chi connectivity index (χ2v) is 30.0. The molecule has 1 aliphatic carbocycles. The summed E-state index contributed by atoms with van der Waals surface area (Å²) < 4.78 is 42.2. The second kappa shape index (κ2) is 34.5. The van der Waals surface area contributed by atoms with Gasteiger partial charge < -0.3 is 67.5 Å². The number of aliphatic imine (C=N–C) groups is 2. The summed E-state index contributed by atoms with van der Waals surface area (Å²) in [7, 11) is -1.15. The van der Waals surface area contributed by atoms with Crippen LogP contribution in [0.25, 0.3) is 28.9 Å². The number of amides is 6. The number of carboxylic acid groups (broad SMARTS) is 1. The van der Waals surface area contributed by atoms with Gasteiger partial charge in [0, 0.05) is 125 Å². The van der Waals surface area contributed by atoms with Crippen molar-refractivity contribution in [3.05, 3.63) is 102 Å². The number of hydrogen-bond acceptors (Lipinski definition) is 24. The molecule has 0 fully saturated rings. The van der Waals surface area contributed by atoms with Crippen molar-refractivity contribution in [1.29, 1.82) is 0 Å². The number of hydrogen-bond donors (Lipinski definition) is 13. The van der Waals surface area contributed by atoms with E-state index in [1.165, 1.54) is 20.2 Å². The van der Waals surface area contributed by atoms with Gasteiger partial charge in [-0.15, -0.1) is 0 Å². The molecule has 8 bridgehead atoms. The summed E-state index contributed by atoms with van der Waals surface area (Å²) >= 11 is 0. The number of nitrogens with zero attached hydrogens (tertiary/aromatic N) is 5. The van der Waals surface area contributed by atoms with Crippen molar-refractivity contribution in [2.24, 2.45) is 39.6 Å². The number of alkyl carbamates (subject to hydrolysis) is 1. The minimum absolute atomic E-state index is 0.0118. The smallest absolute Gasteiger partial charge is 0.407 e. The van der Waals surface area contributed by atoms with Crippen LogP contribution in [0.1, 0.15) is 132 Å². The lowest BCUT2D eigenvalue weighted by atomic mass is 9.83. The number of allylic oxidation sites excluding steroid dienone is 1. The summed E-state index contributed by atoms with van der Waals surface area (Å²) in [5.41, 5.74) is 12.4. The van der Waals surface area contributed by atoms with Gasteiger partial charge in [0.05, 0.1) is 60.5 Å². The number of anilines is 2. The molecular formula is C68H84N16O17S3. The molecule has 9 atom stereocenters. The van der Waals surface area contributed by atoms with Crippen molar-refractivity contribution < 1.29 is 75.5 Å². The molecule has 0 saturated carbocycles. The Kier molecular flexibility index (Phi) is 25.9. The summed E-state index contributed by atoms with van der Waals surface area (Å²) in [6.07, 6.45) is 5.03. The van der Waals surface area contributed by atoms with Crippen LogP contribution in [0, 0.1) is 43.4 Å².